The molecule has 11 nitrogen and oxygen atoms in total. The number of amides is 1. The Morgan fingerprint density at radius 3 is 2.65 bits per heavy atom. The number of carboxylic acid groups (broad SMARTS) is 1. The Morgan fingerprint density at radius 2 is 2.12 bits per heavy atom. The van der Waals surface area contributed by atoms with Gasteiger partial charge in [0.1, 0.15) is 10.1 Å². The van der Waals surface area contributed by atoms with Crippen LogP contribution in [0.2, 0.25) is 0 Å². The number of rotatable bonds is 5. The zero-order chi connectivity index (χ0) is 18.6. The van der Waals surface area contributed by atoms with Crippen molar-refractivity contribution >= 4 is 27.7 Å². The number of β-lactam (4-membered cyclic amide) rings is 1. The van der Waals surface area contributed by atoms with Gasteiger partial charge in [0.05, 0.1) is 37.8 Å². The van der Waals surface area contributed by atoms with Crippen molar-refractivity contribution < 1.29 is 62.2 Å². The molecule has 2 aliphatic heterocycles. The number of ether oxygens (including phenoxy) is 1. The van der Waals surface area contributed by atoms with Gasteiger partial charge in [-0.15, -0.1) is 5.10 Å². The molecule has 0 unspecified atom stereocenters. The summed E-state index contributed by atoms with van der Waals surface area (Å²) in [6, 6.07) is -1.64. The maximum Gasteiger partial charge on any atom is 1.00 e. The van der Waals surface area contributed by atoms with E-state index in [1.165, 1.54) is 13.1 Å². The van der Waals surface area contributed by atoms with E-state index in [-0.39, 0.29) is 48.3 Å². The number of nitrogens with zero attached hydrogens (tertiary/aromatic N) is 4. The summed E-state index contributed by atoms with van der Waals surface area (Å²) >= 11 is 0. The van der Waals surface area contributed by atoms with Crippen molar-refractivity contribution in [3.63, 3.8) is 0 Å². The second-order valence-corrected chi connectivity index (χ2v) is 8.63. The number of carbonyl (C=O) groups excluding carboxylic acids is 3. The second-order valence-electron chi connectivity index (χ2n) is 6.06. The number of sulfone groups is 1. The van der Waals surface area contributed by atoms with E-state index in [1.807, 2.05) is 0 Å². The van der Waals surface area contributed by atoms with E-state index >= 15 is 0 Å². The molecule has 1 aromatic rings. The van der Waals surface area contributed by atoms with Crippen LogP contribution in [0.25, 0.3) is 0 Å². The molecule has 2 aliphatic rings. The minimum Gasteiger partial charge on any atom is -0.548 e. The molecule has 2 saturated heterocycles. The summed E-state index contributed by atoms with van der Waals surface area (Å²) < 4.78 is 29.4. The van der Waals surface area contributed by atoms with E-state index < -0.39 is 50.4 Å². The van der Waals surface area contributed by atoms with Crippen LogP contribution in [-0.4, -0.2) is 68.9 Å². The average Bonchev–Trinajstić information content (AvgIpc) is 3.01. The number of carbonyl (C=O) groups is 3. The molecule has 1 amide bonds. The number of esters is 1. The summed E-state index contributed by atoms with van der Waals surface area (Å²) in [5.74, 6) is -2.95. The van der Waals surface area contributed by atoms with Crippen LogP contribution in [0, 0.1) is 0 Å². The number of aliphatic carboxylic acids is 1. The van der Waals surface area contributed by atoms with Crippen LogP contribution < -0.4 is 34.7 Å². The summed E-state index contributed by atoms with van der Waals surface area (Å²) in [6.07, 6.45) is 0.912. The third-order valence-electron chi connectivity index (χ3n) is 4.53. The molecule has 0 saturated carbocycles. The fraction of sp³-hybridized carbons (Fsp3) is 0.615. The van der Waals surface area contributed by atoms with Crippen LogP contribution in [0.15, 0.2) is 6.20 Å². The number of fused-ring (bicyclic) bond motifs is 1. The van der Waals surface area contributed by atoms with Crippen molar-refractivity contribution in [1.82, 2.24) is 19.9 Å². The van der Waals surface area contributed by atoms with Crippen LogP contribution in [0.5, 0.6) is 0 Å². The molecule has 26 heavy (non-hydrogen) atoms. The Kier molecular flexibility index (Phi) is 5.53. The first-order valence-electron chi connectivity index (χ1n) is 7.46. The Labute approximate surface area is 170 Å². The SMILES string of the molecule is CCOC(=O)c1cn(C[C@@]2(C)[C@H](C(=O)[O-])N3C(=O)C[C@@H]3S2(=O)=O)nn1.[Na+]. The van der Waals surface area contributed by atoms with Gasteiger partial charge in [-0.2, -0.15) is 0 Å². The van der Waals surface area contributed by atoms with Gasteiger partial charge in [0.15, 0.2) is 15.5 Å². The van der Waals surface area contributed by atoms with Crippen LogP contribution in [0.3, 0.4) is 0 Å². The Hall–Kier alpha value is -1.50. The Balaban J connectivity index is 0.00000243. The Bertz CT molecular complexity index is 870. The van der Waals surface area contributed by atoms with Crippen molar-refractivity contribution in [2.75, 3.05) is 6.61 Å². The number of hydrogen-bond donors (Lipinski definition) is 0. The molecule has 0 spiro atoms. The van der Waals surface area contributed by atoms with Gasteiger partial charge in [-0.25, -0.2) is 17.9 Å². The smallest absolute Gasteiger partial charge is 0.548 e. The van der Waals surface area contributed by atoms with E-state index in [1.54, 1.807) is 6.92 Å². The molecule has 3 atom stereocenters. The molecule has 13 heteroatoms. The molecule has 3 rings (SSSR count). The van der Waals surface area contributed by atoms with E-state index in [4.69, 9.17) is 4.74 Å². The molecule has 3 heterocycles. The minimum absolute atomic E-state index is 0. The standard InChI is InChI=1S/C13H16N4O7S.Na/c1-3-24-12(21)7-5-16(15-14-7)6-13(2)10(11(19)20)17-8(18)4-9(17)25(13,22)23;/h5,9-10H,3-4,6H2,1-2H3,(H,19,20);/q;+1/p-1/t9-,10-,13-;/m0./s1. The number of aromatic nitrogens is 3. The molecule has 0 aromatic carbocycles. The first-order valence-corrected chi connectivity index (χ1v) is 9.01. The van der Waals surface area contributed by atoms with Gasteiger partial charge in [0, 0.05) is 0 Å². The molecular formula is C13H15N4NaO7S. The molecule has 0 N–H and O–H groups in total. The van der Waals surface area contributed by atoms with Gasteiger partial charge in [-0.3, -0.25) is 4.79 Å². The van der Waals surface area contributed by atoms with Crippen LogP contribution in [0.4, 0.5) is 0 Å². The predicted molar refractivity (Wildman–Crippen MR) is 77.3 cm³/mol. The second kappa shape index (κ2) is 6.91. The molecular weight excluding hydrogens is 379 g/mol. The molecule has 0 bridgehead atoms. The van der Waals surface area contributed by atoms with Crippen molar-refractivity contribution in [1.29, 1.82) is 0 Å². The van der Waals surface area contributed by atoms with Gasteiger partial charge in [0.2, 0.25) is 5.91 Å². The van der Waals surface area contributed by atoms with Crippen molar-refractivity contribution in [3.8, 4) is 0 Å². The summed E-state index contributed by atoms with van der Waals surface area (Å²) in [7, 11) is -3.99. The van der Waals surface area contributed by atoms with Crippen LogP contribution in [0.1, 0.15) is 30.8 Å². The third-order valence-corrected chi connectivity index (χ3v) is 7.30. The van der Waals surface area contributed by atoms with Gasteiger partial charge < -0.3 is 19.5 Å². The van der Waals surface area contributed by atoms with Gasteiger partial charge in [-0.1, -0.05) is 5.21 Å². The first kappa shape index (κ1) is 20.8. The zero-order valence-electron chi connectivity index (χ0n) is 14.4. The largest absolute Gasteiger partial charge is 1.00 e. The monoisotopic (exact) mass is 394 g/mol. The molecule has 2 fully saturated rings. The first-order chi connectivity index (χ1) is 11.6. The van der Waals surface area contributed by atoms with Crippen LogP contribution >= 0.6 is 0 Å². The van der Waals surface area contributed by atoms with E-state index in [2.05, 4.69) is 10.3 Å². The molecule has 0 aliphatic carbocycles. The van der Waals surface area contributed by atoms with E-state index in [0.717, 1.165) is 9.58 Å². The molecule has 136 valence electrons. The van der Waals surface area contributed by atoms with E-state index in [9.17, 15) is 27.9 Å². The fourth-order valence-electron chi connectivity index (χ4n) is 3.27. The van der Waals surface area contributed by atoms with Gasteiger partial charge in [-0.05, 0) is 13.8 Å². The Morgan fingerprint density at radius 1 is 1.46 bits per heavy atom. The summed E-state index contributed by atoms with van der Waals surface area (Å²) in [6.45, 7) is 2.56. The summed E-state index contributed by atoms with van der Waals surface area (Å²) in [4.78, 5) is 35.7. The summed E-state index contributed by atoms with van der Waals surface area (Å²) in [5.41, 5.74) is -0.134. The van der Waals surface area contributed by atoms with Gasteiger partial charge >= 0.3 is 35.5 Å². The average molecular weight is 394 g/mol. The number of hydrogen-bond acceptors (Lipinski definition) is 9. The predicted octanol–water partition coefficient (Wildman–Crippen LogP) is -5.68. The maximum atomic E-state index is 12.7. The van der Waals surface area contributed by atoms with Crippen molar-refractivity contribution in [2.45, 2.75) is 43.0 Å². The molecule has 1 aromatic heterocycles. The summed E-state index contributed by atoms with van der Waals surface area (Å²) in [5, 5.41) is 17.6. The van der Waals surface area contributed by atoms with E-state index in [0.29, 0.717) is 0 Å². The zero-order valence-corrected chi connectivity index (χ0v) is 17.2. The quantitative estimate of drug-likeness (QED) is 0.270. The van der Waals surface area contributed by atoms with Crippen molar-refractivity contribution in [3.05, 3.63) is 11.9 Å². The van der Waals surface area contributed by atoms with Crippen LogP contribution in [-0.2, 0) is 30.7 Å². The molecule has 0 radical (unpaired) electrons. The van der Waals surface area contributed by atoms with Gasteiger partial charge in [0.25, 0.3) is 0 Å². The maximum absolute atomic E-state index is 12.7. The minimum atomic E-state index is -3.99. The topological polar surface area (TPSA) is 152 Å². The number of carboxylic acids is 1. The third kappa shape index (κ3) is 2.84. The normalized spacial score (nSPS) is 28.7. The fourth-order valence-corrected chi connectivity index (χ4v) is 5.62. The van der Waals surface area contributed by atoms with Crippen molar-refractivity contribution in [2.24, 2.45) is 0 Å².